The number of likely N-dealkylation sites (N-methyl/N-ethyl adjacent to an activating group) is 7. The molecule has 574 valence electrons. The van der Waals surface area contributed by atoms with Gasteiger partial charge < -0.3 is 60.0 Å². The summed E-state index contributed by atoms with van der Waals surface area (Å²) in [5, 5.41) is 7.72. The van der Waals surface area contributed by atoms with Crippen molar-refractivity contribution in [3.63, 3.8) is 0 Å². The van der Waals surface area contributed by atoms with Crippen LogP contribution in [0.1, 0.15) is 154 Å². The van der Waals surface area contributed by atoms with Gasteiger partial charge in [0.2, 0.25) is 76.8 Å². The number of alkyl halides is 7. The summed E-state index contributed by atoms with van der Waals surface area (Å²) >= 11 is 0. The van der Waals surface area contributed by atoms with E-state index in [9.17, 15) is 55.5 Å². The first-order chi connectivity index (χ1) is 48.1. The van der Waals surface area contributed by atoms with Crippen LogP contribution in [0.15, 0.2) is 24.3 Å². The van der Waals surface area contributed by atoms with Crippen molar-refractivity contribution in [2.24, 2.45) is 17.8 Å². The Kier molecular flexibility index (Phi) is 27.0. The number of carbonyl (C=O) groups excluding carboxylic acids is 12. The Morgan fingerprint density at radius 3 is 1.83 bits per heavy atom. The average Bonchev–Trinajstić information content (AvgIpc) is 1.41. The molecule has 2 bridgehead atoms. The molecular weight excluding hydrogens is 1370 g/mol. The Balaban J connectivity index is 1.32. The average molecular weight is 1470 g/mol. The van der Waals surface area contributed by atoms with E-state index in [0.717, 1.165) is 41.3 Å². The van der Waals surface area contributed by atoms with E-state index >= 15 is 41.5 Å². The van der Waals surface area contributed by atoms with Crippen LogP contribution in [0.3, 0.4) is 0 Å². The maximum absolute atomic E-state index is 16.1. The van der Waals surface area contributed by atoms with Gasteiger partial charge >= 0.3 is 6.18 Å². The summed E-state index contributed by atoms with van der Waals surface area (Å²) in [6, 6.07) is -12.0. The maximum Gasteiger partial charge on any atom is 0.422 e. The summed E-state index contributed by atoms with van der Waals surface area (Å²) in [7, 11) is 10.4. The van der Waals surface area contributed by atoms with Crippen molar-refractivity contribution in [2.75, 3.05) is 82.6 Å². The van der Waals surface area contributed by atoms with Crippen molar-refractivity contribution in [1.82, 2.24) is 60.0 Å². The summed E-state index contributed by atoms with van der Waals surface area (Å²) in [6.07, 6.45) is -5.00. The SMILES string of the molecule is CC[C@H](C)[C@@H]1NC(=O)[C@H](CC)N(C)C(=O)C[C@@H](C(=O)N(C)C)N(C)C(=O)[C@H](C2CCCC2)N(C)C(=O)C2(CCC2)NC(=O)[C@@H]2CC(F)(F)CN2C(=O)[C@@H](CCc2cc(F)c(C(F)(F)F)c(F)c2)NC(=O)CN(C)C(=O)[C@H](CC2CCC(F)(F)CC2)N2CC/C=C\C[C@@H](C2=O)N(C)C(=O)CN(C)C1=O. The molecule has 33 heteroatoms. The van der Waals surface area contributed by atoms with Crippen LogP contribution < -0.4 is 16.0 Å². The first-order valence-corrected chi connectivity index (χ1v) is 35.3. The molecule has 5 fully saturated rings. The number of carbonyl (C=O) groups is 12. The van der Waals surface area contributed by atoms with Gasteiger partial charge in [-0.2, -0.15) is 13.2 Å². The van der Waals surface area contributed by atoms with Gasteiger partial charge in [0.15, 0.2) is 0 Å². The molecule has 3 saturated carbocycles. The zero-order chi connectivity index (χ0) is 76.7. The van der Waals surface area contributed by atoms with Crippen molar-refractivity contribution in [3.8, 4) is 0 Å². The molecular formula is C70H99F9N12O12. The third-order valence-electron chi connectivity index (χ3n) is 21.7. The second-order valence-corrected chi connectivity index (χ2v) is 29.2. The van der Waals surface area contributed by atoms with E-state index in [-0.39, 0.29) is 64.3 Å². The minimum atomic E-state index is -5.50. The van der Waals surface area contributed by atoms with Crippen molar-refractivity contribution >= 4 is 70.9 Å². The second-order valence-electron chi connectivity index (χ2n) is 29.2. The molecule has 12 amide bonds. The van der Waals surface area contributed by atoms with Crippen LogP contribution in [0.5, 0.6) is 0 Å². The first-order valence-electron chi connectivity index (χ1n) is 35.3. The van der Waals surface area contributed by atoms with Crippen LogP contribution in [0.2, 0.25) is 0 Å². The predicted octanol–water partition coefficient (Wildman–Crippen LogP) is 5.29. The van der Waals surface area contributed by atoms with Gasteiger partial charge in [0, 0.05) is 82.2 Å². The Morgan fingerprint density at radius 2 is 1.27 bits per heavy atom. The lowest BCUT2D eigenvalue weighted by Crippen LogP contribution is -2.68. The predicted molar refractivity (Wildman–Crippen MR) is 355 cm³/mol. The van der Waals surface area contributed by atoms with Gasteiger partial charge in [-0.1, -0.05) is 52.2 Å². The Hall–Kier alpha value is -8.03. The third-order valence-corrected chi connectivity index (χ3v) is 21.7. The van der Waals surface area contributed by atoms with Gasteiger partial charge in [0.1, 0.15) is 71.1 Å². The smallest absolute Gasteiger partial charge is 0.347 e. The number of amides is 12. The molecule has 24 nitrogen and oxygen atoms in total. The number of hydrogen-bond donors (Lipinski definition) is 3. The number of nitrogens with zero attached hydrogens (tertiary/aromatic N) is 9. The minimum Gasteiger partial charge on any atom is -0.347 e. The molecule has 7 rings (SSSR count). The van der Waals surface area contributed by atoms with E-state index < -0.39 is 241 Å². The molecule has 0 unspecified atom stereocenters. The van der Waals surface area contributed by atoms with Gasteiger partial charge in [-0.15, -0.1) is 0 Å². The fraction of sp³-hybridized carbons (Fsp3) is 0.714. The number of fused-ring (bicyclic) bond motifs is 3. The largest absolute Gasteiger partial charge is 0.422 e. The van der Waals surface area contributed by atoms with Gasteiger partial charge in [-0.05, 0) is 119 Å². The minimum absolute atomic E-state index is 0.0284. The number of hydrogen-bond acceptors (Lipinski definition) is 12. The summed E-state index contributed by atoms with van der Waals surface area (Å²) in [5.74, 6) is -24.0. The lowest BCUT2D eigenvalue weighted by Gasteiger charge is -2.46. The van der Waals surface area contributed by atoms with Gasteiger partial charge in [-0.3, -0.25) is 57.5 Å². The molecule has 3 aliphatic heterocycles. The molecule has 2 saturated heterocycles. The molecule has 1 aromatic carbocycles. The summed E-state index contributed by atoms with van der Waals surface area (Å²) in [5.41, 5.74) is -4.65. The van der Waals surface area contributed by atoms with E-state index in [1.165, 1.54) is 54.2 Å². The van der Waals surface area contributed by atoms with Gasteiger partial charge in [0.25, 0.3) is 5.92 Å². The van der Waals surface area contributed by atoms with Crippen molar-refractivity contribution < 1.29 is 97.0 Å². The van der Waals surface area contributed by atoms with Crippen LogP contribution in [0.25, 0.3) is 0 Å². The number of aryl methyl sites for hydroxylation is 1. The number of nitrogens with one attached hydrogen (secondary N) is 3. The molecule has 0 radical (unpaired) electrons. The van der Waals surface area contributed by atoms with Crippen molar-refractivity contribution in [1.29, 1.82) is 0 Å². The maximum atomic E-state index is 16.1. The highest BCUT2D eigenvalue weighted by atomic mass is 19.4. The van der Waals surface area contributed by atoms with Crippen LogP contribution in [0, 0.1) is 29.4 Å². The van der Waals surface area contributed by atoms with Crippen molar-refractivity contribution in [2.45, 2.75) is 221 Å². The molecule has 9 atom stereocenters. The van der Waals surface area contributed by atoms with E-state index in [1.54, 1.807) is 32.9 Å². The number of benzene rings is 1. The van der Waals surface area contributed by atoms with Gasteiger partial charge in [-0.25, -0.2) is 26.3 Å². The lowest BCUT2D eigenvalue weighted by molar-refractivity contribution is -0.157. The monoisotopic (exact) mass is 1470 g/mol. The molecule has 3 N–H and O–H groups in total. The summed E-state index contributed by atoms with van der Waals surface area (Å²) in [4.78, 5) is 187. The van der Waals surface area contributed by atoms with E-state index in [2.05, 4.69) is 16.0 Å². The highest BCUT2D eigenvalue weighted by molar-refractivity contribution is 6.01. The van der Waals surface area contributed by atoms with Crippen LogP contribution in [0.4, 0.5) is 39.5 Å². The van der Waals surface area contributed by atoms with Crippen molar-refractivity contribution in [3.05, 3.63) is 47.0 Å². The quantitative estimate of drug-likeness (QED) is 0.199. The molecule has 103 heavy (non-hydrogen) atoms. The standard InChI is InChI=1S/C70H99F9N12O12/c1-12-40(3)56-64(101)85(7)38-54(94)87(9)48-22-15-14-18-31-90(63(48)100)50(34-41-25-29-68(73,74)30-26-41)62(99)84(6)37-52(92)80-46(24-23-42-32-44(71)55(45(72)33-42)70(77,78)79)60(97)91-39-69(75,76)36-51(91)59(96)82-67(27-19-28-67)66(103)89(11)57(43-20-16-17-21-43)65(102)88(10)49(61(98)83(4)5)35-53(93)86(8)47(13-2)58(95)81-56/h14-15,32-33,40-41,43,46-51,56-57H,12-13,16-31,34-39H2,1-11H3,(H,80,92)(H,81,95)(H,82,96)/b15-14-/t40-,46+,47-,48-,49-,50-,51-,56-,57-/m0/s1. The summed E-state index contributed by atoms with van der Waals surface area (Å²) < 4.78 is 133. The molecule has 6 aliphatic rings. The zero-order valence-corrected chi connectivity index (χ0v) is 60.5. The van der Waals surface area contributed by atoms with Crippen LogP contribution in [-0.2, 0) is 70.1 Å². The molecule has 0 aromatic heterocycles. The van der Waals surface area contributed by atoms with Gasteiger partial charge in [0.05, 0.1) is 26.1 Å². The lowest BCUT2D eigenvalue weighted by atomic mass is 9.74. The number of rotatable bonds is 10. The Bertz CT molecular complexity index is 3350. The normalized spacial score (nSPS) is 28.0. The van der Waals surface area contributed by atoms with E-state index in [0.29, 0.717) is 49.1 Å². The molecule has 3 aliphatic carbocycles. The molecule has 3 heterocycles. The molecule has 1 aromatic rings. The highest BCUT2D eigenvalue weighted by Gasteiger charge is 2.56. The van der Waals surface area contributed by atoms with Crippen LogP contribution in [-0.4, -0.2) is 263 Å². The Morgan fingerprint density at radius 1 is 0.660 bits per heavy atom. The topological polar surface area (TPSA) is 270 Å². The first kappa shape index (κ1) is 82.3. The Labute approximate surface area is 594 Å². The van der Waals surface area contributed by atoms with Crippen LogP contribution >= 0.6 is 0 Å². The highest BCUT2D eigenvalue weighted by Crippen LogP contribution is 2.42. The number of halogens is 9. The van der Waals surface area contributed by atoms with E-state index in [4.69, 9.17) is 0 Å². The van der Waals surface area contributed by atoms with E-state index in [1.807, 2.05) is 0 Å². The zero-order valence-electron chi connectivity index (χ0n) is 60.5. The fourth-order valence-electron chi connectivity index (χ4n) is 15.1. The fourth-order valence-corrected chi connectivity index (χ4v) is 15.1. The second kappa shape index (κ2) is 33.8. The summed E-state index contributed by atoms with van der Waals surface area (Å²) in [6.45, 7) is 1.66. The third kappa shape index (κ3) is 19.3. The molecule has 1 spiro atoms.